The van der Waals surface area contributed by atoms with Crippen LogP contribution in [0.2, 0.25) is 0 Å². The number of furan rings is 1. The van der Waals surface area contributed by atoms with Crippen LogP contribution in [0.25, 0.3) is 0 Å². The van der Waals surface area contributed by atoms with Gasteiger partial charge in [-0.15, -0.1) is 0 Å². The van der Waals surface area contributed by atoms with Gasteiger partial charge in [0.15, 0.2) is 0 Å². The minimum absolute atomic E-state index is 0.372. The standard InChI is InChI=1S/C16H28N2O/c1-3-15(16-6-4-13-19-16)17-9-5-10-18-11-7-14(2)8-12-18/h4,6,13-15,17H,3,5,7-12H2,1-2H3. The molecule has 1 unspecified atom stereocenters. The Labute approximate surface area is 117 Å². The van der Waals surface area contributed by atoms with Gasteiger partial charge < -0.3 is 14.6 Å². The third-order valence-corrected chi connectivity index (χ3v) is 4.21. The molecule has 2 heterocycles. The lowest BCUT2D eigenvalue weighted by Crippen LogP contribution is -2.35. The van der Waals surface area contributed by atoms with Crippen LogP contribution in [-0.4, -0.2) is 31.1 Å². The number of likely N-dealkylation sites (tertiary alicyclic amines) is 1. The Kier molecular flexibility index (Phi) is 5.93. The Bertz CT molecular complexity index is 329. The van der Waals surface area contributed by atoms with Gasteiger partial charge in [0.05, 0.1) is 12.3 Å². The molecule has 1 aromatic heterocycles. The van der Waals surface area contributed by atoms with Crippen molar-refractivity contribution in [2.24, 2.45) is 5.92 Å². The van der Waals surface area contributed by atoms with E-state index in [1.165, 1.54) is 38.9 Å². The summed E-state index contributed by atoms with van der Waals surface area (Å²) in [5, 5.41) is 3.60. The van der Waals surface area contributed by atoms with Crippen molar-refractivity contribution in [3.8, 4) is 0 Å². The smallest absolute Gasteiger partial charge is 0.120 e. The summed E-state index contributed by atoms with van der Waals surface area (Å²) in [6.07, 6.45) is 6.81. The molecule has 1 aromatic rings. The summed E-state index contributed by atoms with van der Waals surface area (Å²) in [6, 6.07) is 4.40. The van der Waals surface area contributed by atoms with Crippen LogP contribution in [0.1, 0.15) is 51.3 Å². The summed E-state index contributed by atoms with van der Waals surface area (Å²) in [7, 11) is 0. The summed E-state index contributed by atoms with van der Waals surface area (Å²) >= 11 is 0. The Hall–Kier alpha value is -0.800. The maximum Gasteiger partial charge on any atom is 0.120 e. The van der Waals surface area contributed by atoms with Crippen LogP contribution in [0.4, 0.5) is 0 Å². The molecule has 108 valence electrons. The molecule has 0 saturated carbocycles. The number of nitrogens with one attached hydrogen (secondary N) is 1. The Morgan fingerprint density at radius 2 is 2.21 bits per heavy atom. The molecule has 0 bridgehead atoms. The maximum atomic E-state index is 5.47. The van der Waals surface area contributed by atoms with Crippen molar-refractivity contribution in [1.29, 1.82) is 0 Å². The molecule has 3 heteroatoms. The van der Waals surface area contributed by atoms with Crippen LogP contribution in [0.3, 0.4) is 0 Å². The van der Waals surface area contributed by atoms with Crippen LogP contribution in [0, 0.1) is 5.92 Å². The summed E-state index contributed by atoms with van der Waals surface area (Å²) in [5.41, 5.74) is 0. The molecule has 0 aromatic carbocycles. The molecule has 1 fully saturated rings. The monoisotopic (exact) mass is 264 g/mol. The average molecular weight is 264 g/mol. The number of piperidine rings is 1. The molecule has 0 radical (unpaired) electrons. The van der Waals surface area contributed by atoms with Gasteiger partial charge in [-0.25, -0.2) is 0 Å². The van der Waals surface area contributed by atoms with E-state index in [0.29, 0.717) is 6.04 Å². The molecule has 2 rings (SSSR count). The van der Waals surface area contributed by atoms with E-state index >= 15 is 0 Å². The lowest BCUT2D eigenvalue weighted by molar-refractivity contribution is 0.189. The van der Waals surface area contributed by atoms with Gasteiger partial charge in [-0.2, -0.15) is 0 Å². The zero-order chi connectivity index (χ0) is 13.5. The highest BCUT2D eigenvalue weighted by Crippen LogP contribution is 2.17. The second-order valence-electron chi connectivity index (χ2n) is 5.81. The van der Waals surface area contributed by atoms with Gasteiger partial charge in [0, 0.05) is 0 Å². The molecule has 1 saturated heterocycles. The molecular formula is C16H28N2O. The Morgan fingerprint density at radius 3 is 2.84 bits per heavy atom. The van der Waals surface area contributed by atoms with Gasteiger partial charge in [-0.3, -0.25) is 0 Å². The molecule has 19 heavy (non-hydrogen) atoms. The molecular weight excluding hydrogens is 236 g/mol. The minimum Gasteiger partial charge on any atom is -0.468 e. The molecule has 1 aliphatic rings. The zero-order valence-corrected chi connectivity index (χ0v) is 12.4. The molecule has 0 aliphatic carbocycles. The van der Waals surface area contributed by atoms with Crippen LogP contribution < -0.4 is 5.32 Å². The number of nitrogens with zero attached hydrogens (tertiary/aromatic N) is 1. The van der Waals surface area contributed by atoms with Crippen LogP contribution >= 0.6 is 0 Å². The van der Waals surface area contributed by atoms with Gasteiger partial charge >= 0.3 is 0 Å². The van der Waals surface area contributed by atoms with Crippen molar-refractivity contribution < 1.29 is 4.42 Å². The first kappa shape index (κ1) is 14.6. The van der Waals surface area contributed by atoms with Crippen molar-refractivity contribution in [3.05, 3.63) is 24.2 Å². The third kappa shape index (κ3) is 4.66. The van der Waals surface area contributed by atoms with Gasteiger partial charge in [-0.1, -0.05) is 13.8 Å². The first-order valence-corrected chi connectivity index (χ1v) is 7.78. The fourth-order valence-electron chi connectivity index (χ4n) is 2.80. The summed E-state index contributed by atoms with van der Waals surface area (Å²) in [4.78, 5) is 2.61. The highest BCUT2D eigenvalue weighted by Gasteiger charge is 2.15. The maximum absolute atomic E-state index is 5.47. The van der Waals surface area contributed by atoms with Crippen LogP contribution in [0.5, 0.6) is 0 Å². The van der Waals surface area contributed by atoms with Crippen molar-refractivity contribution in [2.45, 2.75) is 45.6 Å². The van der Waals surface area contributed by atoms with Gasteiger partial charge in [-0.05, 0) is 69.9 Å². The first-order chi connectivity index (χ1) is 9.29. The highest BCUT2D eigenvalue weighted by atomic mass is 16.3. The van der Waals surface area contributed by atoms with Gasteiger partial charge in [0.1, 0.15) is 5.76 Å². The minimum atomic E-state index is 0.372. The molecule has 1 aliphatic heterocycles. The summed E-state index contributed by atoms with van der Waals surface area (Å²) < 4.78 is 5.47. The van der Waals surface area contributed by atoms with Crippen LogP contribution in [0.15, 0.2) is 22.8 Å². The van der Waals surface area contributed by atoms with Crippen molar-refractivity contribution in [1.82, 2.24) is 10.2 Å². The number of hydrogen-bond acceptors (Lipinski definition) is 3. The van der Waals surface area contributed by atoms with E-state index in [1.807, 2.05) is 6.07 Å². The SMILES string of the molecule is CCC(NCCCN1CCC(C)CC1)c1ccco1. The number of rotatable bonds is 7. The molecule has 0 spiro atoms. The van der Waals surface area contributed by atoms with E-state index < -0.39 is 0 Å². The quantitative estimate of drug-likeness (QED) is 0.765. The Morgan fingerprint density at radius 1 is 1.42 bits per heavy atom. The summed E-state index contributed by atoms with van der Waals surface area (Å²) in [5.74, 6) is 1.99. The molecule has 1 atom stereocenters. The predicted octanol–water partition coefficient (Wildman–Crippen LogP) is 3.44. The van der Waals surface area contributed by atoms with E-state index in [0.717, 1.165) is 24.6 Å². The molecule has 3 nitrogen and oxygen atoms in total. The average Bonchev–Trinajstić information content (AvgIpc) is 2.95. The largest absolute Gasteiger partial charge is 0.468 e. The first-order valence-electron chi connectivity index (χ1n) is 7.78. The molecule has 1 N–H and O–H groups in total. The predicted molar refractivity (Wildman–Crippen MR) is 79.2 cm³/mol. The van der Waals surface area contributed by atoms with E-state index in [1.54, 1.807) is 6.26 Å². The zero-order valence-electron chi connectivity index (χ0n) is 12.4. The second-order valence-corrected chi connectivity index (χ2v) is 5.81. The van der Waals surface area contributed by atoms with E-state index in [4.69, 9.17) is 4.42 Å². The van der Waals surface area contributed by atoms with E-state index in [9.17, 15) is 0 Å². The molecule has 0 amide bonds. The lowest BCUT2D eigenvalue weighted by Gasteiger charge is -2.30. The van der Waals surface area contributed by atoms with Crippen LogP contribution in [-0.2, 0) is 0 Å². The van der Waals surface area contributed by atoms with E-state index in [2.05, 4.69) is 30.1 Å². The van der Waals surface area contributed by atoms with Crippen molar-refractivity contribution >= 4 is 0 Å². The van der Waals surface area contributed by atoms with Gasteiger partial charge in [0.2, 0.25) is 0 Å². The van der Waals surface area contributed by atoms with E-state index in [-0.39, 0.29) is 0 Å². The third-order valence-electron chi connectivity index (χ3n) is 4.21. The fraction of sp³-hybridized carbons (Fsp3) is 0.750. The topological polar surface area (TPSA) is 28.4 Å². The highest BCUT2D eigenvalue weighted by molar-refractivity contribution is 5.03. The summed E-state index contributed by atoms with van der Waals surface area (Å²) in [6.45, 7) is 9.45. The normalized spacial score (nSPS) is 19.7. The second kappa shape index (κ2) is 7.71. The van der Waals surface area contributed by atoms with Gasteiger partial charge in [0.25, 0.3) is 0 Å². The lowest BCUT2D eigenvalue weighted by atomic mass is 9.99. The Balaban J connectivity index is 1.61. The fourth-order valence-corrected chi connectivity index (χ4v) is 2.80. The van der Waals surface area contributed by atoms with Crippen molar-refractivity contribution in [3.63, 3.8) is 0 Å². The van der Waals surface area contributed by atoms with Crippen molar-refractivity contribution in [2.75, 3.05) is 26.2 Å². The number of hydrogen-bond donors (Lipinski definition) is 1.